The monoisotopic (exact) mass is 220 g/mol. The van der Waals surface area contributed by atoms with Crippen LogP contribution in [-0.2, 0) is 0 Å². The summed E-state index contributed by atoms with van der Waals surface area (Å²) in [6, 6.07) is 8.37. The molecule has 16 heavy (non-hydrogen) atoms. The highest BCUT2D eigenvalue weighted by Gasteiger charge is 2.30. The number of rotatable bonds is 3. The van der Waals surface area contributed by atoms with Crippen molar-refractivity contribution >= 4 is 0 Å². The molecule has 1 heterocycles. The van der Waals surface area contributed by atoms with Crippen LogP contribution in [0.4, 0.5) is 0 Å². The van der Waals surface area contributed by atoms with Crippen LogP contribution in [0, 0.1) is 5.92 Å². The zero-order valence-corrected chi connectivity index (χ0v) is 10.0. The van der Waals surface area contributed by atoms with Crippen molar-refractivity contribution in [1.82, 2.24) is 4.90 Å². The van der Waals surface area contributed by atoms with Crippen molar-refractivity contribution in [2.45, 2.75) is 5.92 Å². The number of likely N-dealkylation sites (N-methyl/N-ethyl adjacent to an activating group) is 1. The fraction of sp³-hybridized carbons (Fsp3) is 0.538. The van der Waals surface area contributed by atoms with Crippen molar-refractivity contribution in [3.8, 4) is 5.75 Å². The third-order valence-electron chi connectivity index (χ3n) is 3.47. The van der Waals surface area contributed by atoms with E-state index in [0.717, 1.165) is 25.4 Å². The average molecular weight is 220 g/mol. The lowest BCUT2D eigenvalue weighted by Gasteiger charge is -2.17. The van der Waals surface area contributed by atoms with Crippen molar-refractivity contribution in [1.29, 1.82) is 0 Å². The molecule has 1 fully saturated rings. The van der Waals surface area contributed by atoms with Crippen LogP contribution >= 0.6 is 0 Å². The van der Waals surface area contributed by atoms with Gasteiger partial charge in [0.05, 0.1) is 7.11 Å². The van der Waals surface area contributed by atoms with Gasteiger partial charge in [0.15, 0.2) is 0 Å². The second kappa shape index (κ2) is 4.85. The first-order valence-electron chi connectivity index (χ1n) is 5.77. The summed E-state index contributed by atoms with van der Waals surface area (Å²) in [7, 11) is 3.85. The lowest BCUT2D eigenvalue weighted by molar-refractivity contribution is 0.397. The van der Waals surface area contributed by atoms with Gasteiger partial charge in [-0.1, -0.05) is 12.1 Å². The summed E-state index contributed by atoms with van der Waals surface area (Å²) in [6.45, 7) is 2.97. The summed E-state index contributed by atoms with van der Waals surface area (Å²) >= 11 is 0. The Morgan fingerprint density at radius 3 is 2.56 bits per heavy atom. The fourth-order valence-electron chi connectivity index (χ4n) is 2.55. The van der Waals surface area contributed by atoms with Gasteiger partial charge in [0.2, 0.25) is 0 Å². The van der Waals surface area contributed by atoms with E-state index in [9.17, 15) is 0 Å². The number of nitrogens with zero attached hydrogens (tertiary/aromatic N) is 1. The molecule has 0 bridgehead atoms. The third kappa shape index (κ3) is 2.20. The van der Waals surface area contributed by atoms with Gasteiger partial charge in [-0.2, -0.15) is 0 Å². The van der Waals surface area contributed by atoms with Crippen molar-refractivity contribution < 1.29 is 4.74 Å². The molecule has 3 nitrogen and oxygen atoms in total. The molecule has 2 unspecified atom stereocenters. The zero-order chi connectivity index (χ0) is 11.5. The van der Waals surface area contributed by atoms with E-state index < -0.39 is 0 Å². The summed E-state index contributed by atoms with van der Waals surface area (Å²) in [6.07, 6.45) is 0. The second-order valence-corrected chi connectivity index (χ2v) is 4.60. The summed E-state index contributed by atoms with van der Waals surface area (Å²) in [5, 5.41) is 0. The minimum Gasteiger partial charge on any atom is -0.497 e. The number of benzene rings is 1. The molecule has 1 saturated heterocycles. The van der Waals surface area contributed by atoms with Crippen molar-refractivity contribution in [3.63, 3.8) is 0 Å². The van der Waals surface area contributed by atoms with Gasteiger partial charge in [0.1, 0.15) is 5.75 Å². The predicted molar refractivity (Wildman–Crippen MR) is 65.8 cm³/mol. The average Bonchev–Trinajstić information content (AvgIpc) is 2.70. The molecule has 1 aromatic carbocycles. The SMILES string of the molecule is COc1ccc(C2CN(C)CC2CN)cc1. The number of likely N-dealkylation sites (tertiary alicyclic amines) is 1. The molecule has 0 saturated carbocycles. The largest absolute Gasteiger partial charge is 0.497 e. The highest BCUT2D eigenvalue weighted by atomic mass is 16.5. The normalized spacial score (nSPS) is 25.9. The van der Waals surface area contributed by atoms with E-state index >= 15 is 0 Å². The smallest absolute Gasteiger partial charge is 0.118 e. The number of ether oxygens (including phenoxy) is 1. The number of hydrogen-bond acceptors (Lipinski definition) is 3. The maximum Gasteiger partial charge on any atom is 0.118 e. The lowest BCUT2D eigenvalue weighted by Crippen LogP contribution is -2.21. The molecule has 2 N–H and O–H groups in total. The van der Waals surface area contributed by atoms with E-state index in [2.05, 4.69) is 24.1 Å². The third-order valence-corrected chi connectivity index (χ3v) is 3.47. The van der Waals surface area contributed by atoms with Crippen molar-refractivity contribution in [2.24, 2.45) is 11.7 Å². The Balaban J connectivity index is 2.16. The van der Waals surface area contributed by atoms with Crippen molar-refractivity contribution in [2.75, 3.05) is 33.8 Å². The number of nitrogens with two attached hydrogens (primary N) is 1. The molecule has 0 amide bonds. The van der Waals surface area contributed by atoms with Gasteiger partial charge in [-0.3, -0.25) is 0 Å². The lowest BCUT2D eigenvalue weighted by atomic mass is 9.89. The predicted octanol–water partition coefficient (Wildman–Crippen LogP) is 1.30. The molecule has 2 rings (SSSR count). The van der Waals surface area contributed by atoms with E-state index in [-0.39, 0.29) is 0 Å². The van der Waals surface area contributed by atoms with Gasteiger partial charge in [0.25, 0.3) is 0 Å². The maximum atomic E-state index is 5.83. The highest BCUT2D eigenvalue weighted by Crippen LogP contribution is 2.31. The molecule has 3 heteroatoms. The van der Waals surface area contributed by atoms with Crippen LogP contribution in [0.3, 0.4) is 0 Å². The van der Waals surface area contributed by atoms with Gasteiger partial charge in [-0.25, -0.2) is 0 Å². The van der Waals surface area contributed by atoms with Crippen LogP contribution in [0.1, 0.15) is 11.5 Å². The van der Waals surface area contributed by atoms with Gasteiger partial charge in [-0.05, 0) is 37.2 Å². The van der Waals surface area contributed by atoms with Gasteiger partial charge in [-0.15, -0.1) is 0 Å². The molecule has 2 atom stereocenters. The van der Waals surface area contributed by atoms with Gasteiger partial charge >= 0.3 is 0 Å². The first-order chi connectivity index (χ1) is 7.74. The summed E-state index contributed by atoms with van der Waals surface area (Å²) < 4.78 is 5.17. The molecular formula is C13H20N2O. The molecule has 0 spiro atoms. The summed E-state index contributed by atoms with van der Waals surface area (Å²) in [5.41, 5.74) is 7.20. The Morgan fingerprint density at radius 1 is 1.31 bits per heavy atom. The summed E-state index contributed by atoms with van der Waals surface area (Å²) in [4.78, 5) is 2.35. The highest BCUT2D eigenvalue weighted by molar-refractivity contribution is 5.30. The Hall–Kier alpha value is -1.06. The standard InChI is InChI=1S/C13H20N2O/c1-15-8-11(7-14)13(9-15)10-3-5-12(16-2)6-4-10/h3-6,11,13H,7-9,14H2,1-2H3. The Morgan fingerprint density at radius 2 is 2.00 bits per heavy atom. The first kappa shape index (κ1) is 11.4. The minimum absolute atomic E-state index is 0.570. The molecule has 0 aliphatic carbocycles. The fourth-order valence-corrected chi connectivity index (χ4v) is 2.55. The van der Waals surface area contributed by atoms with Crippen LogP contribution in [0.25, 0.3) is 0 Å². The Labute approximate surface area is 97.2 Å². The molecule has 0 radical (unpaired) electrons. The maximum absolute atomic E-state index is 5.83. The molecular weight excluding hydrogens is 200 g/mol. The Kier molecular flexibility index (Phi) is 3.46. The number of hydrogen-bond donors (Lipinski definition) is 1. The van der Waals surface area contributed by atoms with E-state index in [1.165, 1.54) is 5.56 Å². The first-order valence-corrected chi connectivity index (χ1v) is 5.77. The minimum atomic E-state index is 0.570. The topological polar surface area (TPSA) is 38.5 Å². The second-order valence-electron chi connectivity index (χ2n) is 4.60. The van der Waals surface area contributed by atoms with E-state index in [4.69, 9.17) is 10.5 Å². The molecule has 1 aliphatic heterocycles. The quantitative estimate of drug-likeness (QED) is 0.834. The van der Waals surface area contributed by atoms with Gasteiger partial charge < -0.3 is 15.4 Å². The van der Waals surface area contributed by atoms with E-state index in [1.807, 2.05) is 12.1 Å². The van der Waals surface area contributed by atoms with Crippen LogP contribution in [0.15, 0.2) is 24.3 Å². The molecule has 88 valence electrons. The Bertz CT molecular complexity index is 336. The van der Waals surface area contributed by atoms with Crippen LogP contribution in [0.2, 0.25) is 0 Å². The van der Waals surface area contributed by atoms with E-state index in [0.29, 0.717) is 11.8 Å². The zero-order valence-electron chi connectivity index (χ0n) is 10.0. The van der Waals surface area contributed by atoms with Crippen molar-refractivity contribution in [3.05, 3.63) is 29.8 Å². The molecule has 0 aromatic heterocycles. The van der Waals surface area contributed by atoms with Crippen LogP contribution in [0.5, 0.6) is 5.75 Å². The van der Waals surface area contributed by atoms with Crippen LogP contribution < -0.4 is 10.5 Å². The van der Waals surface area contributed by atoms with E-state index in [1.54, 1.807) is 7.11 Å². The van der Waals surface area contributed by atoms with Gasteiger partial charge in [0, 0.05) is 19.0 Å². The van der Waals surface area contributed by atoms with Crippen LogP contribution in [-0.4, -0.2) is 38.7 Å². The summed E-state index contributed by atoms with van der Waals surface area (Å²) in [5.74, 6) is 2.07. The molecule has 1 aromatic rings. The molecule has 1 aliphatic rings. The number of methoxy groups -OCH3 is 1.